The molecule has 4 aromatic rings. The molecule has 4 amide bonds. The van der Waals surface area contributed by atoms with E-state index in [1.807, 2.05) is 53.2 Å². The van der Waals surface area contributed by atoms with Crippen molar-refractivity contribution in [2.45, 2.75) is 13.0 Å². The molecule has 9 heteroatoms. The van der Waals surface area contributed by atoms with Gasteiger partial charge in [0.1, 0.15) is 17.1 Å². The molecule has 5 rings (SSSR count). The van der Waals surface area contributed by atoms with Crippen molar-refractivity contribution in [1.82, 2.24) is 9.88 Å². The molecule has 1 N–H and O–H groups in total. The van der Waals surface area contributed by atoms with Crippen LogP contribution in [0.2, 0.25) is 5.02 Å². The number of aromatic nitrogens is 1. The van der Waals surface area contributed by atoms with E-state index in [0.717, 1.165) is 27.9 Å². The van der Waals surface area contributed by atoms with Crippen LogP contribution in [-0.2, 0) is 16.1 Å². The van der Waals surface area contributed by atoms with Gasteiger partial charge in [0.25, 0.3) is 11.8 Å². The number of hydrogen-bond acceptors (Lipinski definition) is 4. The number of barbiturate groups is 1. The second kappa shape index (κ2) is 10.3. The number of amides is 4. The number of benzene rings is 3. The minimum Gasteiger partial charge on any atom is -0.492 e. The number of carbonyl (C=O) groups excluding carboxylic acids is 3. The molecule has 0 bridgehead atoms. The summed E-state index contributed by atoms with van der Waals surface area (Å²) in [5.41, 5.74) is 1.52. The van der Waals surface area contributed by atoms with Gasteiger partial charge in [-0.25, -0.2) is 14.1 Å². The average Bonchev–Trinajstić information content (AvgIpc) is 3.24. The number of urea groups is 1. The van der Waals surface area contributed by atoms with Crippen LogP contribution >= 0.6 is 11.6 Å². The molecule has 0 saturated carbocycles. The van der Waals surface area contributed by atoms with Gasteiger partial charge in [-0.2, -0.15) is 0 Å². The van der Waals surface area contributed by atoms with Gasteiger partial charge in [-0.3, -0.25) is 14.9 Å². The summed E-state index contributed by atoms with van der Waals surface area (Å²) in [4.78, 5) is 39.1. The highest BCUT2D eigenvalue weighted by Gasteiger charge is 2.37. The molecule has 1 aliphatic heterocycles. The second-order valence-corrected chi connectivity index (χ2v) is 8.77. The number of nitrogens with zero attached hydrogens (tertiary/aromatic N) is 2. The number of fused-ring (bicyclic) bond motifs is 1. The molecular weight excluding hydrogens is 497 g/mol. The molecule has 186 valence electrons. The van der Waals surface area contributed by atoms with E-state index < -0.39 is 23.7 Å². The van der Waals surface area contributed by atoms with Crippen molar-refractivity contribution in [3.8, 4) is 5.75 Å². The molecule has 0 unspecified atom stereocenters. The van der Waals surface area contributed by atoms with Gasteiger partial charge in [-0.1, -0.05) is 41.9 Å². The van der Waals surface area contributed by atoms with Crippen LogP contribution in [0.4, 0.5) is 14.9 Å². The molecule has 37 heavy (non-hydrogen) atoms. The number of halogens is 2. The fraction of sp³-hybridized carbons (Fsp3) is 0.107. The first-order valence-corrected chi connectivity index (χ1v) is 11.9. The smallest absolute Gasteiger partial charge is 0.335 e. The van der Waals surface area contributed by atoms with Crippen LogP contribution in [0.3, 0.4) is 0 Å². The van der Waals surface area contributed by atoms with Crippen molar-refractivity contribution in [3.63, 3.8) is 0 Å². The number of anilines is 1. The van der Waals surface area contributed by atoms with Crippen LogP contribution in [0, 0.1) is 5.82 Å². The lowest BCUT2D eigenvalue weighted by molar-refractivity contribution is -0.122. The summed E-state index contributed by atoms with van der Waals surface area (Å²) < 4.78 is 21.2. The van der Waals surface area contributed by atoms with E-state index in [1.165, 1.54) is 18.2 Å². The van der Waals surface area contributed by atoms with Crippen LogP contribution in [0.1, 0.15) is 12.0 Å². The highest BCUT2D eigenvalue weighted by atomic mass is 35.5. The maximum atomic E-state index is 13.4. The molecule has 3 aromatic carbocycles. The molecule has 7 nitrogen and oxygen atoms in total. The zero-order valence-electron chi connectivity index (χ0n) is 19.5. The quantitative estimate of drug-likeness (QED) is 0.197. The summed E-state index contributed by atoms with van der Waals surface area (Å²) in [5.74, 6) is -1.47. The molecule has 0 atom stereocenters. The van der Waals surface area contributed by atoms with E-state index >= 15 is 0 Å². The van der Waals surface area contributed by atoms with E-state index in [0.29, 0.717) is 35.9 Å². The zero-order valence-corrected chi connectivity index (χ0v) is 20.2. The Balaban J connectivity index is 1.40. The predicted octanol–water partition coefficient (Wildman–Crippen LogP) is 5.57. The topological polar surface area (TPSA) is 80.6 Å². The lowest BCUT2D eigenvalue weighted by Crippen LogP contribution is -2.54. The normalized spacial score (nSPS) is 14.9. The summed E-state index contributed by atoms with van der Waals surface area (Å²) >= 11 is 6.15. The number of rotatable bonds is 7. The lowest BCUT2D eigenvalue weighted by atomic mass is 10.1. The van der Waals surface area contributed by atoms with E-state index in [9.17, 15) is 18.8 Å². The maximum absolute atomic E-state index is 13.4. The van der Waals surface area contributed by atoms with E-state index in [4.69, 9.17) is 16.3 Å². The van der Waals surface area contributed by atoms with Gasteiger partial charge < -0.3 is 9.30 Å². The summed E-state index contributed by atoms with van der Waals surface area (Å²) in [6.45, 7) is 1.07. The van der Waals surface area contributed by atoms with E-state index in [-0.39, 0.29) is 11.3 Å². The van der Waals surface area contributed by atoms with Gasteiger partial charge >= 0.3 is 6.03 Å². The molecule has 0 spiro atoms. The maximum Gasteiger partial charge on any atom is 0.335 e. The number of nitrogens with one attached hydrogen (secondary N) is 1. The molecular formula is C28H21ClFN3O4. The Labute approximate surface area is 216 Å². The molecule has 0 aliphatic carbocycles. The minimum absolute atomic E-state index is 0.156. The SMILES string of the molecule is O=C1NC(=O)N(c2ccc(F)cc2)C(=O)/C1=C/c1cn(CCCOc2ccccc2Cl)c2ccccc12. The van der Waals surface area contributed by atoms with Gasteiger partial charge in [0.15, 0.2) is 0 Å². The minimum atomic E-state index is -0.889. The second-order valence-electron chi connectivity index (χ2n) is 8.36. The number of para-hydroxylation sites is 2. The van der Waals surface area contributed by atoms with Crippen LogP contribution < -0.4 is 15.0 Å². The number of carbonyl (C=O) groups is 3. The van der Waals surface area contributed by atoms with Crippen LogP contribution in [0.5, 0.6) is 5.75 Å². The highest BCUT2D eigenvalue weighted by molar-refractivity contribution is 6.39. The van der Waals surface area contributed by atoms with Crippen LogP contribution in [0.25, 0.3) is 17.0 Å². The molecule has 1 aliphatic rings. The van der Waals surface area contributed by atoms with Gasteiger partial charge in [0, 0.05) is 29.2 Å². The largest absolute Gasteiger partial charge is 0.492 e. The molecule has 1 aromatic heterocycles. The standard InChI is InChI=1S/C28H21ClFN3O4/c29-23-7-2-4-9-25(23)37-15-5-14-32-17-18(21-6-1-3-8-24(21)32)16-22-26(34)31-28(36)33(27(22)35)20-12-10-19(30)11-13-20/h1-4,6-13,16-17H,5,14-15H2,(H,31,34,36)/b22-16+. The van der Waals surface area contributed by atoms with Crippen molar-refractivity contribution in [3.05, 3.63) is 101 Å². The number of aryl methyl sites for hydroxylation is 1. The monoisotopic (exact) mass is 517 g/mol. The third-order valence-corrected chi connectivity index (χ3v) is 6.26. The van der Waals surface area contributed by atoms with Crippen molar-refractivity contribution < 1.29 is 23.5 Å². The summed E-state index contributed by atoms with van der Waals surface area (Å²) in [5, 5.41) is 3.58. The van der Waals surface area contributed by atoms with E-state index in [1.54, 1.807) is 6.07 Å². The fourth-order valence-electron chi connectivity index (χ4n) is 4.19. The van der Waals surface area contributed by atoms with Gasteiger partial charge in [-0.05, 0) is 55.0 Å². The van der Waals surface area contributed by atoms with E-state index in [2.05, 4.69) is 5.32 Å². The Morgan fingerprint density at radius 3 is 2.46 bits per heavy atom. The number of imide groups is 2. The molecule has 1 fully saturated rings. The fourth-order valence-corrected chi connectivity index (χ4v) is 4.38. The Morgan fingerprint density at radius 2 is 1.68 bits per heavy atom. The average molecular weight is 518 g/mol. The Kier molecular flexibility index (Phi) is 6.74. The first kappa shape index (κ1) is 24.3. The molecule has 0 radical (unpaired) electrons. The predicted molar refractivity (Wildman–Crippen MR) is 139 cm³/mol. The van der Waals surface area contributed by atoms with Gasteiger partial charge in [-0.15, -0.1) is 0 Å². The summed E-state index contributed by atoms with van der Waals surface area (Å²) in [6.07, 6.45) is 4.01. The molecule has 2 heterocycles. The van der Waals surface area contributed by atoms with Crippen LogP contribution in [0.15, 0.2) is 84.6 Å². The Bertz CT molecular complexity index is 1540. The van der Waals surface area contributed by atoms with Gasteiger partial charge in [0.2, 0.25) is 0 Å². The lowest BCUT2D eigenvalue weighted by Gasteiger charge is -2.26. The van der Waals surface area contributed by atoms with Crippen molar-refractivity contribution in [2.24, 2.45) is 0 Å². The zero-order chi connectivity index (χ0) is 25.9. The van der Waals surface area contributed by atoms with Crippen LogP contribution in [-0.4, -0.2) is 29.0 Å². The Hall–Kier alpha value is -4.43. The van der Waals surface area contributed by atoms with Gasteiger partial charge in [0.05, 0.1) is 17.3 Å². The summed E-state index contributed by atoms with van der Waals surface area (Å²) in [6, 6.07) is 18.9. The van der Waals surface area contributed by atoms with Crippen molar-refractivity contribution in [2.75, 3.05) is 11.5 Å². The first-order valence-electron chi connectivity index (χ1n) is 11.5. The summed E-state index contributed by atoms with van der Waals surface area (Å²) in [7, 11) is 0. The number of ether oxygens (including phenoxy) is 1. The number of hydrogen-bond donors (Lipinski definition) is 1. The van der Waals surface area contributed by atoms with Crippen molar-refractivity contribution >= 4 is 52.1 Å². The first-order chi connectivity index (χ1) is 17.9. The van der Waals surface area contributed by atoms with Crippen molar-refractivity contribution in [1.29, 1.82) is 0 Å². The third kappa shape index (κ3) is 4.96. The Morgan fingerprint density at radius 1 is 0.946 bits per heavy atom. The molecule has 1 saturated heterocycles. The third-order valence-electron chi connectivity index (χ3n) is 5.94. The highest BCUT2D eigenvalue weighted by Crippen LogP contribution is 2.27.